The molecule has 27 heavy (non-hydrogen) atoms. The maximum Gasteiger partial charge on any atom is 0.277 e. The summed E-state index contributed by atoms with van der Waals surface area (Å²) in [6, 6.07) is 4.31. The van der Waals surface area contributed by atoms with Gasteiger partial charge in [-0.15, -0.1) is 6.42 Å². The minimum Gasteiger partial charge on any atom is -0.383 e. The highest BCUT2D eigenvalue weighted by atomic mass is 19.1. The van der Waals surface area contributed by atoms with Crippen molar-refractivity contribution in [1.29, 1.82) is 0 Å². The number of nitrogen functional groups attached to an aromatic ring is 1. The van der Waals surface area contributed by atoms with Crippen molar-refractivity contribution in [2.45, 2.75) is 31.7 Å². The van der Waals surface area contributed by atoms with Crippen LogP contribution in [0.1, 0.15) is 47.8 Å². The van der Waals surface area contributed by atoms with Gasteiger partial charge in [0.25, 0.3) is 5.91 Å². The molecular formula is C19H17FN6O. The summed E-state index contributed by atoms with van der Waals surface area (Å²) in [5.74, 6) is 1.33. The van der Waals surface area contributed by atoms with Crippen molar-refractivity contribution in [2.24, 2.45) is 0 Å². The summed E-state index contributed by atoms with van der Waals surface area (Å²) in [5.41, 5.74) is 7.05. The zero-order valence-corrected chi connectivity index (χ0v) is 14.4. The number of benzene rings is 1. The summed E-state index contributed by atoms with van der Waals surface area (Å²) >= 11 is 0. The first-order chi connectivity index (χ1) is 13.1. The van der Waals surface area contributed by atoms with Gasteiger partial charge in [-0.25, -0.2) is 19.0 Å². The molecule has 3 N–H and O–H groups in total. The number of fused-ring (bicyclic) bond motifs is 1. The first-order valence-corrected chi connectivity index (χ1v) is 8.64. The number of aromatic nitrogens is 4. The van der Waals surface area contributed by atoms with Gasteiger partial charge in [0.1, 0.15) is 18.0 Å². The van der Waals surface area contributed by atoms with Gasteiger partial charge < -0.3 is 11.1 Å². The number of amides is 1. The monoisotopic (exact) mass is 364 g/mol. The molecular weight excluding hydrogens is 347 g/mol. The molecule has 0 atom stereocenters. The molecule has 0 aliphatic heterocycles. The number of halogens is 1. The third kappa shape index (κ3) is 2.97. The van der Waals surface area contributed by atoms with Gasteiger partial charge >= 0.3 is 0 Å². The van der Waals surface area contributed by atoms with E-state index in [9.17, 15) is 9.18 Å². The van der Waals surface area contributed by atoms with Crippen LogP contribution in [-0.4, -0.2) is 25.7 Å². The van der Waals surface area contributed by atoms with E-state index >= 15 is 0 Å². The Morgan fingerprint density at radius 1 is 1.33 bits per heavy atom. The second kappa shape index (κ2) is 6.68. The summed E-state index contributed by atoms with van der Waals surface area (Å²) in [7, 11) is 0. The van der Waals surface area contributed by atoms with Crippen LogP contribution in [-0.2, 0) is 0 Å². The van der Waals surface area contributed by atoms with Crippen LogP contribution in [0.3, 0.4) is 0 Å². The Morgan fingerprint density at radius 2 is 2.11 bits per heavy atom. The van der Waals surface area contributed by atoms with Crippen molar-refractivity contribution < 1.29 is 9.18 Å². The topological polar surface area (TPSA) is 98.7 Å². The smallest absolute Gasteiger partial charge is 0.277 e. The molecule has 0 bridgehead atoms. The molecule has 0 saturated heterocycles. The highest BCUT2D eigenvalue weighted by molar-refractivity contribution is 6.13. The molecule has 2 heterocycles. The summed E-state index contributed by atoms with van der Waals surface area (Å²) in [6.45, 7) is 0. The summed E-state index contributed by atoms with van der Waals surface area (Å²) in [6.07, 6.45) is 10.7. The number of carbonyl (C=O) groups is 1. The van der Waals surface area contributed by atoms with Crippen molar-refractivity contribution in [3.05, 3.63) is 41.6 Å². The van der Waals surface area contributed by atoms with E-state index in [1.807, 2.05) is 0 Å². The van der Waals surface area contributed by atoms with Gasteiger partial charge in [-0.1, -0.05) is 18.8 Å². The largest absolute Gasteiger partial charge is 0.383 e. The number of nitrogens with zero attached hydrogens (tertiary/aromatic N) is 4. The van der Waals surface area contributed by atoms with Gasteiger partial charge in [0, 0.05) is 5.69 Å². The highest BCUT2D eigenvalue weighted by Crippen LogP contribution is 2.33. The number of hydrogen-bond donors (Lipinski definition) is 2. The number of carbonyl (C=O) groups excluding carboxylic acids is 1. The maximum atomic E-state index is 13.9. The standard InChI is InChI=1S/C19H17FN6O/c1-2-11-7-8-12(9-14(11)20)24-19(27)16-15-17(21)22-10-23-18(15)26(25-16)13-5-3-4-6-13/h1,7-10,13H,3-6H2,(H,24,27)(H2,21,22,23). The van der Waals surface area contributed by atoms with Crippen LogP contribution in [0.15, 0.2) is 24.5 Å². The molecule has 8 heteroatoms. The van der Waals surface area contributed by atoms with E-state index in [1.165, 1.54) is 24.5 Å². The lowest BCUT2D eigenvalue weighted by Crippen LogP contribution is -2.15. The number of terminal acetylenes is 1. The average molecular weight is 364 g/mol. The Morgan fingerprint density at radius 3 is 2.81 bits per heavy atom. The SMILES string of the molecule is C#Cc1ccc(NC(=O)c2nn(C3CCCC3)c3ncnc(N)c23)cc1F. The lowest BCUT2D eigenvalue weighted by atomic mass is 10.2. The molecule has 1 aromatic carbocycles. The van der Waals surface area contributed by atoms with Crippen LogP contribution in [0.2, 0.25) is 0 Å². The molecule has 1 aliphatic rings. The quantitative estimate of drug-likeness (QED) is 0.696. The Kier molecular flexibility index (Phi) is 4.20. The predicted molar refractivity (Wildman–Crippen MR) is 99.5 cm³/mol. The van der Waals surface area contributed by atoms with E-state index in [1.54, 1.807) is 4.68 Å². The van der Waals surface area contributed by atoms with Crippen LogP contribution < -0.4 is 11.1 Å². The van der Waals surface area contributed by atoms with Crippen LogP contribution in [0, 0.1) is 18.2 Å². The van der Waals surface area contributed by atoms with Gasteiger partial charge in [0.15, 0.2) is 11.3 Å². The Balaban J connectivity index is 1.73. The number of anilines is 2. The van der Waals surface area contributed by atoms with E-state index < -0.39 is 11.7 Å². The van der Waals surface area contributed by atoms with Gasteiger partial charge in [-0.3, -0.25) is 4.79 Å². The molecule has 1 saturated carbocycles. The Hall–Kier alpha value is -3.47. The normalized spacial score (nSPS) is 14.4. The number of hydrogen-bond acceptors (Lipinski definition) is 5. The molecule has 0 radical (unpaired) electrons. The summed E-state index contributed by atoms with van der Waals surface area (Å²) < 4.78 is 15.6. The molecule has 1 amide bonds. The summed E-state index contributed by atoms with van der Waals surface area (Å²) in [4.78, 5) is 21.1. The van der Waals surface area contributed by atoms with E-state index in [0.717, 1.165) is 25.7 Å². The minimum atomic E-state index is -0.584. The van der Waals surface area contributed by atoms with Crippen molar-refractivity contribution in [3.63, 3.8) is 0 Å². The van der Waals surface area contributed by atoms with Crippen molar-refractivity contribution >= 4 is 28.4 Å². The van der Waals surface area contributed by atoms with Gasteiger partial charge in [-0.05, 0) is 31.0 Å². The molecule has 2 aromatic heterocycles. The number of nitrogens with one attached hydrogen (secondary N) is 1. The molecule has 0 unspecified atom stereocenters. The lowest BCUT2D eigenvalue weighted by Gasteiger charge is -2.10. The fourth-order valence-electron chi connectivity index (χ4n) is 3.46. The molecule has 7 nitrogen and oxygen atoms in total. The number of nitrogens with two attached hydrogens (primary N) is 1. The van der Waals surface area contributed by atoms with Gasteiger partial charge in [0.05, 0.1) is 17.0 Å². The van der Waals surface area contributed by atoms with Crippen LogP contribution in [0.4, 0.5) is 15.9 Å². The van der Waals surface area contributed by atoms with Crippen molar-refractivity contribution in [1.82, 2.24) is 19.7 Å². The van der Waals surface area contributed by atoms with Crippen LogP contribution in [0.5, 0.6) is 0 Å². The molecule has 1 fully saturated rings. The maximum absolute atomic E-state index is 13.9. The molecule has 136 valence electrons. The van der Waals surface area contributed by atoms with Gasteiger partial charge in [-0.2, -0.15) is 5.10 Å². The third-order valence-corrected chi connectivity index (χ3v) is 4.79. The highest BCUT2D eigenvalue weighted by Gasteiger charge is 2.26. The Labute approximate surface area is 154 Å². The molecule has 3 aromatic rings. The minimum absolute atomic E-state index is 0.122. The van der Waals surface area contributed by atoms with E-state index in [4.69, 9.17) is 12.2 Å². The first kappa shape index (κ1) is 17.0. The average Bonchev–Trinajstić information content (AvgIpc) is 3.30. The van der Waals surface area contributed by atoms with Crippen molar-refractivity contribution in [3.8, 4) is 12.3 Å². The van der Waals surface area contributed by atoms with Crippen LogP contribution >= 0.6 is 0 Å². The zero-order valence-electron chi connectivity index (χ0n) is 14.4. The number of rotatable bonds is 3. The lowest BCUT2D eigenvalue weighted by molar-refractivity contribution is 0.102. The van der Waals surface area contributed by atoms with Crippen LogP contribution in [0.25, 0.3) is 11.0 Å². The first-order valence-electron chi connectivity index (χ1n) is 8.64. The molecule has 1 aliphatic carbocycles. The molecule has 0 spiro atoms. The Bertz CT molecular complexity index is 1080. The zero-order chi connectivity index (χ0) is 19.0. The predicted octanol–water partition coefficient (Wildman–Crippen LogP) is 2.90. The van der Waals surface area contributed by atoms with Gasteiger partial charge in [0.2, 0.25) is 0 Å². The fourth-order valence-corrected chi connectivity index (χ4v) is 3.46. The van der Waals surface area contributed by atoms with E-state index in [-0.39, 0.29) is 28.8 Å². The fraction of sp³-hybridized carbons (Fsp3) is 0.263. The summed E-state index contributed by atoms with van der Waals surface area (Å²) in [5, 5.41) is 7.52. The van der Waals surface area contributed by atoms with E-state index in [0.29, 0.717) is 11.0 Å². The second-order valence-electron chi connectivity index (χ2n) is 6.48. The second-order valence-corrected chi connectivity index (χ2v) is 6.48. The molecule has 4 rings (SSSR count). The van der Waals surface area contributed by atoms with E-state index in [2.05, 4.69) is 26.3 Å². The van der Waals surface area contributed by atoms with Crippen molar-refractivity contribution in [2.75, 3.05) is 11.1 Å². The third-order valence-electron chi connectivity index (χ3n) is 4.79.